The molecular weight excluding hydrogens is 290 g/mol. The van der Waals surface area contributed by atoms with Crippen molar-refractivity contribution in [3.05, 3.63) is 29.8 Å². The van der Waals surface area contributed by atoms with Gasteiger partial charge in [0.2, 0.25) is 10.0 Å². The van der Waals surface area contributed by atoms with Crippen LogP contribution in [-0.2, 0) is 20.6 Å². The van der Waals surface area contributed by atoms with Crippen LogP contribution in [0.3, 0.4) is 0 Å². The number of ether oxygens (including phenoxy) is 1. The summed E-state index contributed by atoms with van der Waals surface area (Å²) < 4.78 is 31.1. The van der Waals surface area contributed by atoms with E-state index in [9.17, 15) is 8.42 Å². The predicted molar refractivity (Wildman–Crippen MR) is 73.7 cm³/mol. The van der Waals surface area contributed by atoms with Gasteiger partial charge in [-0.1, -0.05) is 18.2 Å². The SMILES string of the molecule is COCCN(CCO)S(=O)(=O)c1ccccc1CCl. The fraction of sp³-hybridized carbons (Fsp3) is 0.500. The van der Waals surface area contributed by atoms with Crippen molar-refractivity contribution in [1.82, 2.24) is 4.31 Å². The van der Waals surface area contributed by atoms with Crippen molar-refractivity contribution in [3.63, 3.8) is 0 Å². The lowest BCUT2D eigenvalue weighted by molar-refractivity contribution is 0.168. The molecule has 0 saturated heterocycles. The van der Waals surface area contributed by atoms with Crippen molar-refractivity contribution in [2.75, 3.05) is 33.4 Å². The third-order valence-corrected chi connectivity index (χ3v) is 4.92. The smallest absolute Gasteiger partial charge is 0.243 e. The minimum atomic E-state index is -3.67. The summed E-state index contributed by atoms with van der Waals surface area (Å²) in [7, 11) is -2.17. The molecule has 0 saturated carbocycles. The first-order valence-electron chi connectivity index (χ1n) is 5.81. The topological polar surface area (TPSA) is 66.8 Å². The van der Waals surface area contributed by atoms with Crippen molar-refractivity contribution in [3.8, 4) is 0 Å². The molecular formula is C12H18ClNO4S. The van der Waals surface area contributed by atoms with Gasteiger partial charge in [-0.2, -0.15) is 4.31 Å². The van der Waals surface area contributed by atoms with Crippen molar-refractivity contribution in [1.29, 1.82) is 0 Å². The summed E-state index contributed by atoms with van der Waals surface area (Å²) >= 11 is 5.77. The van der Waals surface area contributed by atoms with Gasteiger partial charge in [0, 0.05) is 26.1 Å². The Bertz CT molecular complexity index is 492. The lowest BCUT2D eigenvalue weighted by Gasteiger charge is -2.22. The molecule has 5 nitrogen and oxygen atoms in total. The Balaban J connectivity index is 3.11. The fourth-order valence-electron chi connectivity index (χ4n) is 1.66. The number of hydrogen-bond donors (Lipinski definition) is 1. The van der Waals surface area contributed by atoms with Crippen LogP contribution in [0.2, 0.25) is 0 Å². The van der Waals surface area contributed by atoms with E-state index < -0.39 is 10.0 Å². The molecule has 7 heteroatoms. The van der Waals surface area contributed by atoms with E-state index in [-0.39, 0.29) is 37.1 Å². The third kappa shape index (κ3) is 4.15. The van der Waals surface area contributed by atoms with E-state index in [1.54, 1.807) is 18.2 Å². The van der Waals surface area contributed by atoms with Crippen LogP contribution in [0.5, 0.6) is 0 Å². The van der Waals surface area contributed by atoms with Gasteiger partial charge in [0.05, 0.1) is 18.1 Å². The highest BCUT2D eigenvalue weighted by Crippen LogP contribution is 2.21. The molecule has 0 amide bonds. The Morgan fingerprint density at radius 2 is 2.00 bits per heavy atom. The highest BCUT2D eigenvalue weighted by molar-refractivity contribution is 7.89. The summed E-state index contributed by atoms with van der Waals surface area (Å²) in [6.45, 7) is 0.243. The Kier molecular flexibility index (Phi) is 6.74. The maximum atomic E-state index is 12.5. The maximum absolute atomic E-state index is 12.5. The third-order valence-electron chi connectivity index (χ3n) is 2.63. The van der Waals surface area contributed by atoms with Gasteiger partial charge in [0.25, 0.3) is 0 Å². The molecule has 0 aromatic heterocycles. The first kappa shape index (κ1) is 16.4. The molecule has 1 aromatic carbocycles. The molecule has 108 valence electrons. The molecule has 0 aliphatic rings. The molecule has 0 aliphatic carbocycles. The molecule has 0 fully saturated rings. The zero-order valence-corrected chi connectivity index (χ0v) is 12.3. The number of methoxy groups -OCH3 is 1. The van der Waals surface area contributed by atoms with Crippen LogP contribution in [0, 0.1) is 0 Å². The summed E-state index contributed by atoms with van der Waals surface area (Å²) in [6, 6.07) is 6.58. The molecule has 1 rings (SSSR count). The van der Waals surface area contributed by atoms with Gasteiger partial charge < -0.3 is 9.84 Å². The van der Waals surface area contributed by atoms with E-state index in [2.05, 4.69) is 0 Å². The van der Waals surface area contributed by atoms with E-state index in [4.69, 9.17) is 21.4 Å². The van der Waals surface area contributed by atoms with Crippen LogP contribution in [0.25, 0.3) is 0 Å². The Morgan fingerprint density at radius 1 is 1.32 bits per heavy atom. The van der Waals surface area contributed by atoms with Crippen molar-refractivity contribution in [2.24, 2.45) is 0 Å². The minimum Gasteiger partial charge on any atom is -0.395 e. The lowest BCUT2D eigenvalue weighted by Crippen LogP contribution is -2.36. The summed E-state index contributed by atoms with van der Waals surface area (Å²) in [4.78, 5) is 0.176. The molecule has 1 aromatic rings. The Labute approximate surface area is 118 Å². The molecule has 19 heavy (non-hydrogen) atoms. The van der Waals surface area contributed by atoms with E-state index >= 15 is 0 Å². The predicted octanol–water partition coefficient (Wildman–Crippen LogP) is 1.05. The highest BCUT2D eigenvalue weighted by Gasteiger charge is 2.25. The van der Waals surface area contributed by atoms with Gasteiger partial charge in [-0.25, -0.2) is 8.42 Å². The lowest BCUT2D eigenvalue weighted by atomic mass is 10.2. The first-order valence-corrected chi connectivity index (χ1v) is 7.79. The zero-order chi connectivity index (χ0) is 14.3. The van der Waals surface area contributed by atoms with Crippen LogP contribution in [0.1, 0.15) is 5.56 Å². The van der Waals surface area contributed by atoms with Crippen LogP contribution < -0.4 is 0 Å². The van der Waals surface area contributed by atoms with Gasteiger partial charge in [0.1, 0.15) is 0 Å². The van der Waals surface area contributed by atoms with E-state index in [1.807, 2.05) is 0 Å². The second-order valence-corrected chi connectivity index (χ2v) is 6.04. The van der Waals surface area contributed by atoms with Gasteiger partial charge >= 0.3 is 0 Å². The van der Waals surface area contributed by atoms with Crippen molar-refractivity contribution in [2.45, 2.75) is 10.8 Å². The summed E-state index contributed by atoms with van der Waals surface area (Å²) in [5, 5.41) is 9.00. The fourth-order valence-corrected chi connectivity index (χ4v) is 3.61. The van der Waals surface area contributed by atoms with Crippen LogP contribution >= 0.6 is 11.6 Å². The van der Waals surface area contributed by atoms with Crippen molar-refractivity contribution >= 4 is 21.6 Å². The van der Waals surface area contributed by atoms with E-state index in [1.165, 1.54) is 17.5 Å². The molecule has 0 atom stereocenters. The number of nitrogens with zero attached hydrogens (tertiary/aromatic N) is 1. The van der Waals surface area contributed by atoms with E-state index in [0.29, 0.717) is 5.56 Å². The van der Waals surface area contributed by atoms with Crippen molar-refractivity contribution < 1.29 is 18.3 Å². The van der Waals surface area contributed by atoms with Gasteiger partial charge in [-0.15, -0.1) is 11.6 Å². The average molecular weight is 308 g/mol. The molecule has 0 radical (unpaired) electrons. The normalized spacial score (nSPS) is 12.0. The number of sulfonamides is 1. The number of rotatable bonds is 8. The number of aliphatic hydroxyl groups excluding tert-OH is 1. The summed E-state index contributed by atoms with van der Waals surface area (Å²) in [5.74, 6) is 0.118. The molecule has 1 N–H and O–H groups in total. The number of benzene rings is 1. The molecule has 0 unspecified atom stereocenters. The van der Waals surface area contributed by atoms with E-state index in [0.717, 1.165) is 0 Å². The average Bonchev–Trinajstić information content (AvgIpc) is 2.43. The van der Waals surface area contributed by atoms with Gasteiger partial charge in [0.15, 0.2) is 0 Å². The summed E-state index contributed by atoms with van der Waals surface area (Å²) in [6.07, 6.45) is 0. The van der Waals surface area contributed by atoms with Crippen LogP contribution in [-0.4, -0.2) is 51.2 Å². The number of aliphatic hydroxyl groups is 1. The van der Waals surface area contributed by atoms with Gasteiger partial charge in [-0.05, 0) is 11.6 Å². The zero-order valence-electron chi connectivity index (χ0n) is 10.8. The van der Waals surface area contributed by atoms with Gasteiger partial charge in [-0.3, -0.25) is 0 Å². The first-order chi connectivity index (χ1) is 9.07. The highest BCUT2D eigenvalue weighted by atomic mass is 35.5. The second-order valence-electron chi connectivity index (χ2n) is 3.86. The molecule has 0 heterocycles. The Hall–Kier alpha value is -0.660. The second kappa shape index (κ2) is 7.81. The Morgan fingerprint density at radius 3 is 2.58 bits per heavy atom. The summed E-state index contributed by atoms with van der Waals surface area (Å²) in [5.41, 5.74) is 0.546. The maximum Gasteiger partial charge on any atom is 0.243 e. The number of hydrogen-bond acceptors (Lipinski definition) is 4. The number of alkyl halides is 1. The molecule has 0 aliphatic heterocycles. The molecule has 0 bridgehead atoms. The quantitative estimate of drug-likeness (QED) is 0.729. The minimum absolute atomic E-state index is 0.0301. The standard InChI is InChI=1S/C12H18ClNO4S/c1-18-9-7-14(6-8-15)19(16,17)12-5-3-2-4-11(12)10-13/h2-5,15H,6-10H2,1H3. The number of halogens is 1. The van der Waals surface area contributed by atoms with Crippen LogP contribution in [0.15, 0.2) is 29.2 Å². The largest absolute Gasteiger partial charge is 0.395 e. The monoisotopic (exact) mass is 307 g/mol. The molecule has 0 spiro atoms. The van der Waals surface area contributed by atoms with Crippen LogP contribution in [0.4, 0.5) is 0 Å².